The Hall–Kier alpha value is -1.81. The molecule has 1 aromatic carbocycles. The van der Waals surface area contributed by atoms with Gasteiger partial charge in [0.15, 0.2) is 0 Å². The number of imidazole rings is 1. The van der Waals surface area contributed by atoms with Crippen LogP contribution in [0.3, 0.4) is 0 Å². The Balaban J connectivity index is 1.98. The topological polar surface area (TPSA) is 49.9 Å². The SMILES string of the molecule is C=C1CNC(c2nc3ccc(OC)cc3[nH]2)C1. The minimum Gasteiger partial charge on any atom is -0.497 e. The number of aromatic nitrogens is 2. The number of fused-ring (bicyclic) bond motifs is 1. The Bertz CT molecular complexity index is 573. The predicted molar refractivity (Wildman–Crippen MR) is 67.1 cm³/mol. The van der Waals surface area contributed by atoms with Crippen molar-refractivity contribution in [3.05, 3.63) is 36.2 Å². The molecule has 1 unspecified atom stereocenters. The van der Waals surface area contributed by atoms with E-state index < -0.39 is 0 Å². The van der Waals surface area contributed by atoms with E-state index in [9.17, 15) is 0 Å². The lowest BCUT2D eigenvalue weighted by Gasteiger charge is -2.04. The summed E-state index contributed by atoms with van der Waals surface area (Å²) in [6.45, 7) is 4.87. The van der Waals surface area contributed by atoms with Crippen LogP contribution in [0, 0.1) is 0 Å². The quantitative estimate of drug-likeness (QED) is 0.776. The van der Waals surface area contributed by atoms with Crippen LogP contribution < -0.4 is 10.1 Å². The molecule has 17 heavy (non-hydrogen) atoms. The Morgan fingerprint density at radius 2 is 2.35 bits per heavy atom. The number of hydrogen-bond donors (Lipinski definition) is 2. The Kier molecular flexibility index (Phi) is 2.37. The number of ether oxygens (including phenoxy) is 1. The van der Waals surface area contributed by atoms with Crippen molar-refractivity contribution in [2.24, 2.45) is 0 Å². The molecule has 2 heterocycles. The van der Waals surface area contributed by atoms with E-state index in [1.807, 2.05) is 18.2 Å². The zero-order chi connectivity index (χ0) is 11.8. The molecule has 0 bridgehead atoms. The molecular weight excluding hydrogens is 214 g/mol. The van der Waals surface area contributed by atoms with Crippen LogP contribution in [0.2, 0.25) is 0 Å². The molecule has 1 aliphatic heterocycles. The van der Waals surface area contributed by atoms with Gasteiger partial charge in [0.2, 0.25) is 0 Å². The molecule has 1 fully saturated rings. The second-order valence-electron chi connectivity index (χ2n) is 4.39. The maximum Gasteiger partial charge on any atom is 0.124 e. The predicted octanol–water partition coefficient (Wildman–Crippen LogP) is 2.16. The van der Waals surface area contributed by atoms with E-state index in [1.165, 1.54) is 5.57 Å². The lowest BCUT2D eigenvalue weighted by atomic mass is 10.2. The van der Waals surface area contributed by atoms with Crippen LogP contribution >= 0.6 is 0 Å². The van der Waals surface area contributed by atoms with E-state index in [1.54, 1.807) is 7.11 Å². The molecule has 2 N–H and O–H groups in total. The standard InChI is InChI=1S/C13H15N3O/c1-8-5-12(14-7-8)13-15-10-4-3-9(17-2)6-11(10)16-13/h3-4,6,12,14H,1,5,7H2,2H3,(H,15,16). The fourth-order valence-corrected chi connectivity index (χ4v) is 2.19. The largest absolute Gasteiger partial charge is 0.497 e. The Morgan fingerprint density at radius 1 is 1.47 bits per heavy atom. The highest BCUT2D eigenvalue weighted by Gasteiger charge is 2.21. The van der Waals surface area contributed by atoms with Crippen molar-refractivity contribution in [1.82, 2.24) is 15.3 Å². The van der Waals surface area contributed by atoms with Gasteiger partial charge in [-0.1, -0.05) is 12.2 Å². The van der Waals surface area contributed by atoms with Gasteiger partial charge in [0.1, 0.15) is 11.6 Å². The lowest BCUT2D eigenvalue weighted by molar-refractivity contribution is 0.415. The van der Waals surface area contributed by atoms with Crippen molar-refractivity contribution in [2.75, 3.05) is 13.7 Å². The summed E-state index contributed by atoms with van der Waals surface area (Å²) < 4.78 is 5.20. The highest BCUT2D eigenvalue weighted by molar-refractivity contribution is 5.76. The number of rotatable bonds is 2. The fraction of sp³-hybridized carbons (Fsp3) is 0.308. The zero-order valence-electron chi connectivity index (χ0n) is 9.79. The van der Waals surface area contributed by atoms with Crippen molar-refractivity contribution in [1.29, 1.82) is 0 Å². The van der Waals surface area contributed by atoms with Crippen LogP contribution in [0.25, 0.3) is 11.0 Å². The molecule has 0 spiro atoms. The molecule has 1 aromatic heterocycles. The molecule has 1 aliphatic rings. The van der Waals surface area contributed by atoms with E-state index >= 15 is 0 Å². The van der Waals surface area contributed by atoms with Crippen molar-refractivity contribution < 1.29 is 4.74 Å². The number of aromatic amines is 1. The first-order valence-electron chi connectivity index (χ1n) is 5.70. The number of benzene rings is 1. The molecule has 0 aliphatic carbocycles. The average Bonchev–Trinajstić information content (AvgIpc) is 2.93. The van der Waals surface area contributed by atoms with Gasteiger partial charge in [0.05, 0.1) is 24.2 Å². The van der Waals surface area contributed by atoms with E-state index in [0.717, 1.165) is 35.6 Å². The zero-order valence-corrected chi connectivity index (χ0v) is 9.79. The number of nitrogens with one attached hydrogen (secondary N) is 2. The third-order valence-corrected chi connectivity index (χ3v) is 3.13. The Morgan fingerprint density at radius 3 is 3.06 bits per heavy atom. The van der Waals surface area contributed by atoms with Crippen molar-refractivity contribution >= 4 is 11.0 Å². The number of H-pyrrole nitrogens is 1. The number of hydrogen-bond acceptors (Lipinski definition) is 3. The van der Waals surface area contributed by atoms with Gasteiger partial charge in [-0.05, 0) is 18.6 Å². The molecule has 1 saturated heterocycles. The van der Waals surface area contributed by atoms with Gasteiger partial charge in [0.25, 0.3) is 0 Å². The normalized spacial score (nSPS) is 20.1. The molecular formula is C13H15N3O. The summed E-state index contributed by atoms with van der Waals surface area (Å²) >= 11 is 0. The molecule has 0 radical (unpaired) electrons. The summed E-state index contributed by atoms with van der Waals surface area (Å²) in [5.74, 6) is 1.82. The second kappa shape index (κ2) is 3.89. The van der Waals surface area contributed by atoms with Gasteiger partial charge in [-0.3, -0.25) is 0 Å². The molecule has 3 rings (SSSR count). The van der Waals surface area contributed by atoms with Crippen LogP contribution in [0.1, 0.15) is 18.3 Å². The number of methoxy groups -OCH3 is 1. The summed E-state index contributed by atoms with van der Waals surface area (Å²) in [7, 11) is 1.67. The van der Waals surface area contributed by atoms with Crippen LogP contribution in [-0.4, -0.2) is 23.6 Å². The van der Waals surface area contributed by atoms with E-state index in [4.69, 9.17) is 4.74 Å². The summed E-state index contributed by atoms with van der Waals surface area (Å²) in [5, 5.41) is 3.39. The fourth-order valence-electron chi connectivity index (χ4n) is 2.19. The van der Waals surface area contributed by atoms with Crippen LogP contribution in [0.4, 0.5) is 0 Å². The van der Waals surface area contributed by atoms with Gasteiger partial charge < -0.3 is 15.0 Å². The van der Waals surface area contributed by atoms with E-state index in [-0.39, 0.29) is 6.04 Å². The average molecular weight is 229 g/mol. The maximum absolute atomic E-state index is 5.20. The summed E-state index contributed by atoms with van der Waals surface area (Å²) in [5.41, 5.74) is 3.21. The monoisotopic (exact) mass is 229 g/mol. The van der Waals surface area contributed by atoms with Gasteiger partial charge >= 0.3 is 0 Å². The van der Waals surface area contributed by atoms with Crippen LogP contribution in [0.5, 0.6) is 5.75 Å². The summed E-state index contributed by atoms with van der Waals surface area (Å²) in [4.78, 5) is 7.93. The minimum absolute atomic E-state index is 0.265. The lowest BCUT2D eigenvalue weighted by Crippen LogP contribution is -2.14. The van der Waals surface area contributed by atoms with Crippen molar-refractivity contribution in [3.8, 4) is 5.75 Å². The summed E-state index contributed by atoms with van der Waals surface area (Å²) in [6, 6.07) is 6.13. The van der Waals surface area contributed by atoms with Gasteiger partial charge in [-0.15, -0.1) is 0 Å². The Labute approximate surface area is 99.7 Å². The second-order valence-corrected chi connectivity index (χ2v) is 4.39. The summed E-state index contributed by atoms with van der Waals surface area (Å²) in [6.07, 6.45) is 0.955. The highest BCUT2D eigenvalue weighted by atomic mass is 16.5. The van der Waals surface area contributed by atoms with Gasteiger partial charge in [0, 0.05) is 12.6 Å². The van der Waals surface area contributed by atoms with E-state index in [0.29, 0.717) is 0 Å². The highest BCUT2D eigenvalue weighted by Crippen LogP contribution is 2.26. The molecule has 4 heteroatoms. The van der Waals surface area contributed by atoms with Gasteiger partial charge in [-0.25, -0.2) is 4.98 Å². The van der Waals surface area contributed by atoms with Gasteiger partial charge in [-0.2, -0.15) is 0 Å². The third kappa shape index (κ3) is 1.80. The third-order valence-electron chi connectivity index (χ3n) is 3.13. The smallest absolute Gasteiger partial charge is 0.124 e. The minimum atomic E-state index is 0.265. The molecule has 2 aromatic rings. The van der Waals surface area contributed by atoms with Crippen LogP contribution in [-0.2, 0) is 0 Å². The maximum atomic E-state index is 5.20. The molecule has 0 saturated carbocycles. The number of nitrogens with zero attached hydrogens (tertiary/aromatic N) is 1. The molecule has 0 amide bonds. The molecule has 88 valence electrons. The van der Waals surface area contributed by atoms with Crippen molar-refractivity contribution in [2.45, 2.75) is 12.5 Å². The first-order valence-corrected chi connectivity index (χ1v) is 5.70. The first kappa shape index (κ1) is 10.4. The van der Waals surface area contributed by atoms with E-state index in [2.05, 4.69) is 21.9 Å². The molecule has 1 atom stereocenters. The molecule has 4 nitrogen and oxygen atoms in total. The van der Waals surface area contributed by atoms with Crippen molar-refractivity contribution in [3.63, 3.8) is 0 Å². The first-order chi connectivity index (χ1) is 8.26. The van der Waals surface area contributed by atoms with Crippen LogP contribution in [0.15, 0.2) is 30.4 Å².